The third-order valence-electron chi connectivity index (χ3n) is 0.657. The molecule has 0 N–H and O–H groups in total. The number of nitrogens with zero attached hydrogens (tertiary/aromatic N) is 1. The van der Waals surface area contributed by atoms with Crippen molar-refractivity contribution in [2.45, 2.75) is 0 Å². The quantitative estimate of drug-likeness (QED) is 0.576. The van der Waals surface area contributed by atoms with Crippen molar-refractivity contribution >= 4 is 11.3 Å². The number of aromatic nitrogens is 1. The average Bonchev–Trinajstić information content (AvgIpc) is 2.14. The summed E-state index contributed by atoms with van der Waals surface area (Å²) < 4.78 is 16.6. The molecule has 1 rings (SSSR count). The van der Waals surface area contributed by atoms with Crippen LogP contribution in [0.1, 0.15) is 0 Å². The predicted octanol–water partition coefficient (Wildman–Crippen LogP) is 1.29. The first-order valence-electron chi connectivity index (χ1n) is 1.98. The van der Waals surface area contributed by atoms with E-state index in [9.17, 15) is 4.39 Å². The highest BCUT2D eigenvalue weighted by atomic mass is 32.1. The first kappa shape index (κ1) is 5.50. The molecule has 0 aliphatic rings. The fourth-order valence-electron chi connectivity index (χ4n) is 0.334. The fourth-order valence-corrected chi connectivity index (χ4v) is 0.794. The average molecular weight is 133 g/mol. The molecule has 0 bridgehead atoms. The maximum absolute atomic E-state index is 11.9. The molecule has 0 unspecified atom stereocenters. The Bertz CT molecular complexity index is 176. The molecule has 4 heteroatoms. The molecule has 0 fully saturated rings. The topological polar surface area (TPSA) is 22.1 Å². The largest absolute Gasteiger partial charge is 0.486 e. The van der Waals surface area contributed by atoms with E-state index in [-0.39, 0.29) is 0 Å². The second-order valence-electron chi connectivity index (χ2n) is 1.14. The number of halogens is 1. The van der Waals surface area contributed by atoms with Gasteiger partial charge in [-0.1, -0.05) is 0 Å². The van der Waals surface area contributed by atoms with E-state index in [4.69, 9.17) is 0 Å². The van der Waals surface area contributed by atoms with Gasteiger partial charge in [-0.05, 0) is 11.3 Å². The summed E-state index contributed by atoms with van der Waals surface area (Å²) in [7, 11) is 1.48. The summed E-state index contributed by atoms with van der Waals surface area (Å²) in [5.74, 6) is 0. The van der Waals surface area contributed by atoms with Crippen molar-refractivity contribution in [2.24, 2.45) is 0 Å². The Labute approximate surface area is 49.9 Å². The van der Waals surface area contributed by atoms with Gasteiger partial charge in [-0.25, -0.2) is 4.98 Å². The molecule has 1 heterocycles. The summed E-state index contributed by atoms with van der Waals surface area (Å²) in [4.78, 5) is 3.31. The zero-order chi connectivity index (χ0) is 5.98. The molecule has 8 heavy (non-hydrogen) atoms. The number of hydrogen-bond donors (Lipinski definition) is 0. The van der Waals surface area contributed by atoms with Crippen molar-refractivity contribution in [1.82, 2.24) is 4.98 Å². The van der Waals surface area contributed by atoms with Crippen LogP contribution in [0.3, 0.4) is 0 Å². The van der Waals surface area contributed by atoms with Crippen molar-refractivity contribution in [2.75, 3.05) is 7.11 Å². The van der Waals surface area contributed by atoms with E-state index in [2.05, 4.69) is 9.72 Å². The maximum atomic E-state index is 11.9. The predicted molar refractivity (Wildman–Crippen MR) is 28.6 cm³/mol. The Kier molecular flexibility index (Phi) is 1.43. The van der Waals surface area contributed by atoms with E-state index in [0.29, 0.717) is 5.06 Å². The molecule has 0 spiro atoms. The molecule has 1 aromatic heterocycles. The number of thiazole rings is 1. The fraction of sp³-hybridized carbons (Fsp3) is 0.250. The molecular weight excluding hydrogens is 129 g/mol. The lowest BCUT2D eigenvalue weighted by molar-refractivity contribution is 0.426. The second kappa shape index (κ2) is 2.09. The first-order chi connectivity index (χ1) is 3.83. The molecule has 0 radical (unpaired) electrons. The van der Waals surface area contributed by atoms with Gasteiger partial charge in [0.15, 0.2) is 5.06 Å². The summed E-state index contributed by atoms with van der Waals surface area (Å²) in [6.07, 6.45) is 1.35. The van der Waals surface area contributed by atoms with Crippen LogP contribution in [-0.4, -0.2) is 12.1 Å². The van der Waals surface area contributed by atoms with Crippen LogP contribution in [-0.2, 0) is 0 Å². The summed E-state index contributed by atoms with van der Waals surface area (Å²) >= 11 is 0.888. The van der Waals surface area contributed by atoms with Crippen molar-refractivity contribution in [3.05, 3.63) is 11.5 Å². The second-order valence-corrected chi connectivity index (χ2v) is 2.08. The third kappa shape index (κ3) is 0.949. The molecule has 2 nitrogen and oxygen atoms in total. The van der Waals surface area contributed by atoms with E-state index >= 15 is 0 Å². The van der Waals surface area contributed by atoms with Gasteiger partial charge >= 0.3 is 0 Å². The minimum absolute atomic E-state index is 0.457. The maximum Gasteiger partial charge on any atom is 0.272 e. The Hall–Kier alpha value is -0.640. The van der Waals surface area contributed by atoms with Crippen LogP contribution in [0.5, 0.6) is 5.06 Å². The van der Waals surface area contributed by atoms with Crippen LogP contribution in [0.15, 0.2) is 6.20 Å². The molecule has 0 saturated carbocycles. The lowest BCUT2D eigenvalue weighted by Gasteiger charge is -1.84. The summed E-state index contributed by atoms with van der Waals surface area (Å²) in [5, 5.41) is 0.0457. The van der Waals surface area contributed by atoms with E-state index in [0.717, 1.165) is 11.3 Å². The van der Waals surface area contributed by atoms with Gasteiger partial charge in [0.1, 0.15) is 0 Å². The molecule has 1 aromatic rings. The van der Waals surface area contributed by atoms with Crippen molar-refractivity contribution in [3.8, 4) is 5.06 Å². The number of ether oxygens (including phenoxy) is 1. The van der Waals surface area contributed by atoms with Gasteiger partial charge in [-0.15, -0.1) is 0 Å². The van der Waals surface area contributed by atoms with Gasteiger partial charge in [-0.3, -0.25) is 0 Å². The van der Waals surface area contributed by atoms with Crippen LogP contribution in [0.4, 0.5) is 4.39 Å². The highest BCUT2D eigenvalue weighted by molar-refractivity contribution is 7.11. The van der Waals surface area contributed by atoms with E-state index in [1.54, 1.807) is 0 Å². The van der Waals surface area contributed by atoms with Crippen LogP contribution in [0.25, 0.3) is 0 Å². The third-order valence-corrected chi connectivity index (χ3v) is 1.40. The molecule has 0 aliphatic heterocycles. The zero-order valence-electron chi connectivity index (χ0n) is 4.22. The Morgan fingerprint density at radius 3 is 2.88 bits per heavy atom. The van der Waals surface area contributed by atoms with Crippen LogP contribution >= 0.6 is 11.3 Å². The highest BCUT2D eigenvalue weighted by Gasteiger charge is 1.96. The van der Waals surface area contributed by atoms with Crippen LogP contribution in [0, 0.1) is 5.26 Å². The van der Waals surface area contributed by atoms with Crippen molar-refractivity contribution < 1.29 is 9.13 Å². The SMILES string of the molecule is COc1cnc(F)s1. The zero-order valence-corrected chi connectivity index (χ0v) is 5.04. The van der Waals surface area contributed by atoms with E-state index in [1.807, 2.05) is 0 Å². The van der Waals surface area contributed by atoms with Crippen molar-refractivity contribution in [1.29, 1.82) is 0 Å². The van der Waals surface area contributed by atoms with Gasteiger partial charge in [0, 0.05) is 0 Å². The molecular formula is C4H4FNOS. The van der Waals surface area contributed by atoms with E-state index < -0.39 is 5.26 Å². The number of methoxy groups -OCH3 is 1. The monoisotopic (exact) mass is 133 g/mol. The molecule has 0 saturated heterocycles. The molecule has 0 amide bonds. The minimum Gasteiger partial charge on any atom is -0.486 e. The first-order valence-corrected chi connectivity index (χ1v) is 2.80. The number of rotatable bonds is 1. The lowest BCUT2D eigenvalue weighted by Crippen LogP contribution is -1.73. The Morgan fingerprint density at radius 1 is 1.88 bits per heavy atom. The molecule has 44 valence electrons. The molecule has 0 atom stereocenters. The van der Waals surface area contributed by atoms with Gasteiger partial charge in [0.05, 0.1) is 13.3 Å². The Morgan fingerprint density at radius 2 is 2.62 bits per heavy atom. The summed E-state index contributed by atoms with van der Waals surface area (Å²) in [6, 6.07) is 0. The standard InChI is InChI=1S/C4H4FNOS/c1-7-3-2-6-4(5)8-3/h2H,1H3. The minimum atomic E-state index is -0.457. The van der Waals surface area contributed by atoms with Gasteiger partial charge in [0.2, 0.25) is 0 Å². The van der Waals surface area contributed by atoms with Gasteiger partial charge < -0.3 is 4.74 Å². The number of hydrogen-bond acceptors (Lipinski definition) is 3. The van der Waals surface area contributed by atoms with Crippen LogP contribution < -0.4 is 4.74 Å². The normalized spacial score (nSPS) is 9.25. The highest BCUT2D eigenvalue weighted by Crippen LogP contribution is 2.18. The van der Waals surface area contributed by atoms with Crippen molar-refractivity contribution in [3.63, 3.8) is 0 Å². The van der Waals surface area contributed by atoms with Gasteiger partial charge in [-0.2, -0.15) is 4.39 Å². The Balaban J connectivity index is 2.84. The van der Waals surface area contributed by atoms with Gasteiger partial charge in [0.25, 0.3) is 5.26 Å². The molecule has 0 aliphatic carbocycles. The summed E-state index contributed by atoms with van der Waals surface area (Å²) in [6.45, 7) is 0. The van der Waals surface area contributed by atoms with E-state index in [1.165, 1.54) is 13.3 Å². The lowest BCUT2D eigenvalue weighted by atomic mass is 10.9. The van der Waals surface area contributed by atoms with Crippen LogP contribution in [0.2, 0.25) is 0 Å². The smallest absolute Gasteiger partial charge is 0.272 e. The molecule has 0 aromatic carbocycles. The summed E-state index contributed by atoms with van der Waals surface area (Å²) in [5.41, 5.74) is 0.